The monoisotopic (exact) mass is 1180 g/mol. The summed E-state index contributed by atoms with van der Waals surface area (Å²) in [5, 5.41) is 11.2. The van der Waals surface area contributed by atoms with Crippen LogP contribution in [0, 0.1) is 0 Å². The van der Waals surface area contributed by atoms with Crippen LogP contribution in [0.4, 0.5) is 0 Å². The third kappa shape index (κ3) is 8.80. The average Bonchev–Trinajstić information content (AvgIpc) is 1.56. The van der Waals surface area contributed by atoms with Gasteiger partial charge in [0, 0.05) is 71.7 Å². The molecule has 0 aliphatic heterocycles. The lowest BCUT2D eigenvalue weighted by atomic mass is 10.0. The van der Waals surface area contributed by atoms with Gasteiger partial charge in [-0.3, -0.25) is 0 Å². The second-order valence-corrected chi connectivity index (χ2v) is 22.9. The van der Waals surface area contributed by atoms with Crippen molar-refractivity contribution in [3.05, 3.63) is 303 Å². The average molecular weight is 1180 g/mol. The fourth-order valence-corrected chi connectivity index (χ4v) is 13.3. The van der Waals surface area contributed by atoms with Crippen LogP contribution in [0.15, 0.2) is 312 Å². The fraction of sp³-hybridized carbons (Fsp3) is 0. The molecule has 0 saturated heterocycles. The van der Waals surface area contributed by atoms with Gasteiger partial charge >= 0.3 is 0 Å². The van der Waals surface area contributed by atoms with Gasteiger partial charge in [0.2, 0.25) is 0 Å². The van der Waals surface area contributed by atoms with Gasteiger partial charge in [-0.15, -0.1) is 0 Å². The number of para-hydroxylation sites is 2. The smallest absolute Gasteiger partial charge is 0.164 e. The lowest BCUT2D eigenvalue weighted by Crippen LogP contribution is -2.00. The summed E-state index contributed by atoms with van der Waals surface area (Å²) in [7, 11) is 0. The Morgan fingerprint density at radius 2 is 0.598 bits per heavy atom. The molecule has 0 bridgehead atoms. The predicted octanol–water partition coefficient (Wildman–Crippen LogP) is 20.9. The first-order valence-corrected chi connectivity index (χ1v) is 30.7. The molecule has 92 heavy (non-hydrogen) atoms. The van der Waals surface area contributed by atoms with Gasteiger partial charge in [0.1, 0.15) is 22.3 Å². The molecule has 6 heterocycles. The normalized spacial score (nSPS) is 11.7. The molecular weight excluding hydrogens is 1130 g/mol. The summed E-state index contributed by atoms with van der Waals surface area (Å²) in [4.78, 5) is 29.6. The van der Waals surface area contributed by atoms with Crippen LogP contribution in [0.1, 0.15) is 0 Å². The van der Waals surface area contributed by atoms with Crippen molar-refractivity contribution in [2.75, 3.05) is 0 Å². The van der Waals surface area contributed by atoms with Gasteiger partial charge < -0.3 is 18.0 Å². The maximum absolute atomic E-state index is 6.82. The summed E-state index contributed by atoms with van der Waals surface area (Å²) in [6.07, 6.45) is 0. The molecule has 0 radical (unpaired) electrons. The zero-order chi connectivity index (χ0) is 60.6. The molecule has 10 heteroatoms. The quantitative estimate of drug-likeness (QED) is 0.148. The van der Waals surface area contributed by atoms with E-state index in [0.717, 1.165) is 127 Å². The van der Waals surface area contributed by atoms with E-state index in [-0.39, 0.29) is 0 Å². The largest absolute Gasteiger partial charge is 0.456 e. The first-order valence-electron chi connectivity index (χ1n) is 30.7. The Morgan fingerprint density at radius 1 is 0.217 bits per heavy atom. The molecule has 19 rings (SSSR count). The van der Waals surface area contributed by atoms with Gasteiger partial charge in [0.05, 0.1) is 32.8 Å². The maximum Gasteiger partial charge on any atom is 0.164 e. The van der Waals surface area contributed by atoms with Crippen LogP contribution in [0.5, 0.6) is 0 Å². The minimum Gasteiger partial charge on any atom is -0.456 e. The topological polar surface area (TPSA) is 113 Å². The van der Waals surface area contributed by atoms with E-state index in [2.05, 4.69) is 167 Å². The van der Waals surface area contributed by atoms with E-state index >= 15 is 0 Å². The summed E-state index contributed by atoms with van der Waals surface area (Å²) in [6, 6.07) is 104. The van der Waals surface area contributed by atoms with Crippen molar-refractivity contribution < 1.29 is 8.83 Å². The van der Waals surface area contributed by atoms with Crippen molar-refractivity contribution in [3.63, 3.8) is 0 Å². The van der Waals surface area contributed by atoms with E-state index in [4.69, 9.17) is 38.7 Å². The van der Waals surface area contributed by atoms with E-state index in [1.807, 2.05) is 146 Å². The van der Waals surface area contributed by atoms with Crippen LogP contribution < -0.4 is 0 Å². The van der Waals surface area contributed by atoms with Crippen LogP contribution in [-0.4, -0.2) is 39.0 Å². The van der Waals surface area contributed by atoms with E-state index in [1.165, 1.54) is 16.2 Å². The number of rotatable bonds is 8. The second-order valence-electron chi connectivity index (χ2n) is 22.9. The summed E-state index contributed by atoms with van der Waals surface area (Å²) in [5.41, 5.74) is 15.6. The lowest BCUT2D eigenvalue weighted by Gasteiger charge is -2.11. The molecule has 0 aliphatic carbocycles. The second kappa shape index (κ2) is 21.6. The third-order valence-corrected chi connectivity index (χ3v) is 17.5. The van der Waals surface area contributed by atoms with Crippen molar-refractivity contribution in [3.8, 4) is 79.7 Å². The Hall–Kier alpha value is -12.7. The molecule has 0 saturated carbocycles. The maximum atomic E-state index is 6.82. The van der Waals surface area contributed by atoms with Crippen molar-refractivity contribution in [2.24, 2.45) is 0 Å². The lowest BCUT2D eigenvalue weighted by molar-refractivity contribution is 0.664. The zero-order valence-electron chi connectivity index (χ0n) is 49.3. The molecule has 0 fully saturated rings. The Morgan fingerprint density at radius 3 is 1.16 bits per heavy atom. The van der Waals surface area contributed by atoms with Gasteiger partial charge in [0.25, 0.3) is 0 Å². The van der Waals surface area contributed by atoms with Gasteiger partial charge in [-0.25, -0.2) is 29.9 Å². The molecule has 0 spiro atoms. The highest BCUT2D eigenvalue weighted by Crippen LogP contribution is 2.45. The van der Waals surface area contributed by atoms with Crippen LogP contribution in [0.3, 0.4) is 0 Å². The number of hydrogen-bond donors (Lipinski definition) is 0. The van der Waals surface area contributed by atoms with E-state index in [0.29, 0.717) is 34.9 Å². The summed E-state index contributed by atoms with van der Waals surface area (Å²) < 4.78 is 18.2. The van der Waals surface area contributed by atoms with Crippen molar-refractivity contribution in [1.82, 2.24) is 39.0 Å². The van der Waals surface area contributed by atoms with E-state index in [1.54, 1.807) is 0 Å². The fourth-order valence-electron chi connectivity index (χ4n) is 13.3. The Kier molecular flexibility index (Phi) is 12.3. The highest BCUT2D eigenvalue weighted by molar-refractivity contribution is 6.31. The van der Waals surface area contributed by atoms with Crippen LogP contribution in [-0.2, 0) is 0 Å². The third-order valence-electron chi connectivity index (χ3n) is 17.5. The first kappa shape index (κ1) is 52.5. The first-order chi connectivity index (χ1) is 45.6. The molecule has 0 amide bonds. The molecule has 0 unspecified atom stereocenters. The van der Waals surface area contributed by atoms with E-state index in [9.17, 15) is 0 Å². The van der Waals surface area contributed by atoms with Crippen molar-refractivity contribution in [2.45, 2.75) is 0 Å². The molecule has 19 aromatic rings. The number of benzene rings is 13. The number of aromatic nitrogens is 8. The SMILES string of the molecule is c1ccc(-c2nc(-c3ccccc3)nc(-c3ccc(-n4c5cccc6c7ccccc7oc7c8ccccc8cc4c7c65)cc3)n2)cc1.c1ccc(-c2nc(-c3ccccc3)nc(-c3ccc4oc5cccc6c5c5c(cccc5n6-c5ccccc5)c4c3)n2)cc1. The molecule has 10 nitrogen and oxygen atoms in total. The van der Waals surface area contributed by atoms with Crippen LogP contribution in [0.25, 0.3) is 178 Å². The Balaban J connectivity index is 0.000000136. The Bertz CT molecular complexity index is 5930. The molecule has 0 aliphatic rings. The highest BCUT2D eigenvalue weighted by atomic mass is 16.3. The Labute approximate surface area is 526 Å². The zero-order valence-corrected chi connectivity index (χ0v) is 49.3. The summed E-state index contributed by atoms with van der Waals surface area (Å²) >= 11 is 0. The number of nitrogens with zero attached hydrogens (tertiary/aromatic N) is 8. The highest BCUT2D eigenvalue weighted by Gasteiger charge is 2.23. The minimum absolute atomic E-state index is 0.612. The molecule has 6 aromatic heterocycles. The molecular formula is C82H50N8O2. The van der Waals surface area contributed by atoms with E-state index < -0.39 is 0 Å². The number of fused-ring (bicyclic) bond motifs is 6. The van der Waals surface area contributed by atoms with Gasteiger partial charge in [-0.2, -0.15) is 0 Å². The predicted molar refractivity (Wildman–Crippen MR) is 373 cm³/mol. The molecule has 0 N–H and O–H groups in total. The van der Waals surface area contributed by atoms with Crippen LogP contribution >= 0.6 is 0 Å². The molecule has 430 valence electrons. The minimum atomic E-state index is 0.612. The molecule has 0 atom stereocenters. The summed E-state index contributed by atoms with van der Waals surface area (Å²) in [5.74, 6) is 3.81. The van der Waals surface area contributed by atoms with Gasteiger partial charge in [-0.05, 0) is 107 Å². The number of hydrogen-bond acceptors (Lipinski definition) is 8. The van der Waals surface area contributed by atoms with Crippen LogP contribution in [0.2, 0.25) is 0 Å². The standard InChI is InChI=1S/C43H26N4O.C39H24N4O/c1-3-12-27(13-4-1)41-44-42(28-14-5-2-6-15-28)46-43(45-41)29-22-24-31(25-23-29)47-35-20-11-19-34-33-18-9-10-21-37(33)48-40-32-17-8-7-16-30(32)26-36(47)39(40)38(34)35;1-4-12-25(13-5-1)37-40-38(26-14-6-2-7-15-26)42-39(41-37)27-22-23-33-30(24-27)29-18-10-19-31-35(29)36-32(20-11-21-34(36)44-33)43(31)28-16-8-3-9-17-28/h1-26H;1-24H. The molecule has 13 aromatic carbocycles. The van der Waals surface area contributed by atoms with Crippen molar-refractivity contribution in [1.29, 1.82) is 0 Å². The summed E-state index contributed by atoms with van der Waals surface area (Å²) in [6.45, 7) is 0. The van der Waals surface area contributed by atoms with Gasteiger partial charge in [-0.1, -0.05) is 212 Å². The van der Waals surface area contributed by atoms with Crippen molar-refractivity contribution >= 4 is 98.3 Å². The van der Waals surface area contributed by atoms with Gasteiger partial charge in [0.15, 0.2) is 34.9 Å².